The average Bonchev–Trinajstić information content (AvgIpc) is 2.78. The molecular weight excluding hydrogens is 212 g/mol. The van der Waals surface area contributed by atoms with E-state index in [1.807, 2.05) is 13.1 Å². The van der Waals surface area contributed by atoms with Crippen molar-refractivity contribution in [1.29, 1.82) is 0 Å². The highest BCUT2D eigenvalue weighted by Gasteiger charge is 2.06. The van der Waals surface area contributed by atoms with Crippen molar-refractivity contribution in [2.24, 2.45) is 0 Å². The predicted molar refractivity (Wildman–Crippen MR) is 59.2 cm³/mol. The van der Waals surface area contributed by atoms with Crippen LogP contribution in [0.5, 0.6) is 5.75 Å². The molecule has 0 atom stereocenters. The van der Waals surface area contributed by atoms with E-state index in [2.05, 4.69) is 20.5 Å². The fourth-order valence-electron chi connectivity index (χ4n) is 1.09. The van der Waals surface area contributed by atoms with Crippen molar-refractivity contribution >= 4 is 16.5 Å². The van der Waals surface area contributed by atoms with E-state index in [4.69, 9.17) is 4.74 Å². The summed E-state index contributed by atoms with van der Waals surface area (Å²) in [5.41, 5.74) is 0.911. The lowest BCUT2D eigenvalue weighted by Gasteiger charge is -1.99. The molecule has 0 radical (unpaired) electrons. The molecular formula is C9H10N4OS. The lowest BCUT2D eigenvalue weighted by atomic mass is 10.3. The first-order valence-electron chi connectivity index (χ1n) is 4.34. The fraction of sp³-hybridized carbons (Fsp3) is 0.222. The largest absolute Gasteiger partial charge is 0.495 e. The SMILES string of the molecule is CNc1nnc(-c2cncc(OC)c2)s1. The van der Waals surface area contributed by atoms with Crippen molar-refractivity contribution in [3.05, 3.63) is 18.5 Å². The first kappa shape index (κ1) is 9.85. The molecule has 0 aliphatic rings. The number of hydrogen-bond acceptors (Lipinski definition) is 6. The molecule has 0 bridgehead atoms. The standard InChI is InChI=1S/C9H10N4OS/c1-10-9-13-12-8(15-9)6-3-7(14-2)5-11-4-6/h3-5H,1-2H3,(H,10,13). The van der Waals surface area contributed by atoms with Crippen LogP contribution in [0.4, 0.5) is 5.13 Å². The summed E-state index contributed by atoms with van der Waals surface area (Å²) < 4.78 is 5.09. The Labute approximate surface area is 91.1 Å². The van der Waals surface area contributed by atoms with E-state index in [9.17, 15) is 0 Å². The topological polar surface area (TPSA) is 59.9 Å². The number of anilines is 1. The maximum absolute atomic E-state index is 5.09. The quantitative estimate of drug-likeness (QED) is 0.855. The van der Waals surface area contributed by atoms with Crippen LogP contribution in [0, 0.1) is 0 Å². The Hall–Kier alpha value is -1.69. The van der Waals surface area contributed by atoms with Gasteiger partial charge in [-0.3, -0.25) is 4.98 Å². The monoisotopic (exact) mass is 222 g/mol. The molecule has 0 fully saturated rings. The smallest absolute Gasteiger partial charge is 0.205 e. The van der Waals surface area contributed by atoms with Gasteiger partial charge in [-0.1, -0.05) is 11.3 Å². The Morgan fingerprint density at radius 2 is 2.20 bits per heavy atom. The van der Waals surface area contributed by atoms with Crippen LogP contribution in [0.2, 0.25) is 0 Å². The number of methoxy groups -OCH3 is 1. The minimum atomic E-state index is 0.716. The molecule has 5 nitrogen and oxygen atoms in total. The van der Waals surface area contributed by atoms with Crippen LogP contribution in [0.25, 0.3) is 10.6 Å². The van der Waals surface area contributed by atoms with E-state index in [0.717, 1.165) is 15.7 Å². The van der Waals surface area contributed by atoms with Gasteiger partial charge in [0.2, 0.25) is 5.13 Å². The predicted octanol–water partition coefficient (Wildman–Crippen LogP) is 1.65. The Morgan fingerprint density at radius 3 is 2.87 bits per heavy atom. The van der Waals surface area contributed by atoms with Crippen molar-refractivity contribution in [2.45, 2.75) is 0 Å². The first-order chi connectivity index (χ1) is 7.33. The first-order valence-corrected chi connectivity index (χ1v) is 5.16. The van der Waals surface area contributed by atoms with Gasteiger partial charge in [0.15, 0.2) is 5.01 Å². The maximum Gasteiger partial charge on any atom is 0.205 e. The second-order valence-electron chi connectivity index (χ2n) is 2.78. The van der Waals surface area contributed by atoms with Crippen LogP contribution in [0.1, 0.15) is 0 Å². The number of ether oxygens (including phenoxy) is 1. The normalized spacial score (nSPS) is 10.0. The van der Waals surface area contributed by atoms with E-state index >= 15 is 0 Å². The second kappa shape index (κ2) is 4.22. The number of rotatable bonds is 3. The third-order valence-electron chi connectivity index (χ3n) is 1.83. The van der Waals surface area contributed by atoms with Gasteiger partial charge in [-0.2, -0.15) is 0 Å². The highest BCUT2D eigenvalue weighted by Crippen LogP contribution is 2.27. The number of nitrogens with zero attached hydrogens (tertiary/aromatic N) is 3. The van der Waals surface area contributed by atoms with Gasteiger partial charge in [0.05, 0.1) is 13.3 Å². The zero-order valence-electron chi connectivity index (χ0n) is 8.39. The van der Waals surface area contributed by atoms with Crippen LogP contribution in [-0.2, 0) is 0 Å². The molecule has 0 aliphatic heterocycles. The molecule has 0 aliphatic carbocycles. The molecule has 0 unspecified atom stereocenters. The van der Waals surface area contributed by atoms with Gasteiger partial charge in [0.25, 0.3) is 0 Å². The molecule has 15 heavy (non-hydrogen) atoms. The molecule has 78 valence electrons. The molecule has 2 rings (SSSR count). The minimum absolute atomic E-state index is 0.716. The van der Waals surface area contributed by atoms with E-state index in [-0.39, 0.29) is 0 Å². The van der Waals surface area contributed by atoms with Crippen molar-refractivity contribution in [3.63, 3.8) is 0 Å². The van der Waals surface area contributed by atoms with Crippen molar-refractivity contribution in [2.75, 3.05) is 19.5 Å². The van der Waals surface area contributed by atoms with Crippen LogP contribution in [0.3, 0.4) is 0 Å². The highest BCUT2D eigenvalue weighted by atomic mass is 32.1. The van der Waals surface area contributed by atoms with Crippen LogP contribution in [0.15, 0.2) is 18.5 Å². The molecule has 0 amide bonds. The second-order valence-corrected chi connectivity index (χ2v) is 3.75. The van der Waals surface area contributed by atoms with Gasteiger partial charge in [-0.15, -0.1) is 10.2 Å². The van der Waals surface area contributed by atoms with Crippen LogP contribution >= 0.6 is 11.3 Å². The molecule has 6 heteroatoms. The maximum atomic E-state index is 5.09. The summed E-state index contributed by atoms with van der Waals surface area (Å²) in [4.78, 5) is 4.06. The lowest BCUT2D eigenvalue weighted by Crippen LogP contribution is -1.85. The fourth-order valence-corrected chi connectivity index (χ4v) is 1.77. The van der Waals surface area contributed by atoms with Gasteiger partial charge in [-0.25, -0.2) is 0 Å². The summed E-state index contributed by atoms with van der Waals surface area (Å²) in [7, 11) is 3.42. The third kappa shape index (κ3) is 2.04. The molecule has 0 aromatic carbocycles. The lowest BCUT2D eigenvalue weighted by molar-refractivity contribution is 0.413. The molecule has 2 aromatic rings. The molecule has 0 saturated carbocycles. The summed E-state index contributed by atoms with van der Waals surface area (Å²) in [6.07, 6.45) is 3.39. The Kier molecular flexibility index (Phi) is 2.77. The molecule has 1 N–H and O–H groups in total. The molecule has 0 saturated heterocycles. The van der Waals surface area contributed by atoms with Crippen molar-refractivity contribution < 1.29 is 4.74 Å². The molecule has 2 heterocycles. The van der Waals surface area contributed by atoms with Crippen LogP contribution in [-0.4, -0.2) is 29.3 Å². The van der Waals surface area contributed by atoms with Gasteiger partial charge in [0.1, 0.15) is 5.75 Å². The summed E-state index contributed by atoms with van der Waals surface area (Å²) >= 11 is 1.48. The summed E-state index contributed by atoms with van der Waals surface area (Å²) in [5.74, 6) is 0.716. The molecule has 2 aromatic heterocycles. The van der Waals surface area contributed by atoms with E-state index < -0.39 is 0 Å². The minimum Gasteiger partial charge on any atom is -0.495 e. The summed E-state index contributed by atoms with van der Waals surface area (Å²) in [5, 5.41) is 12.5. The average molecular weight is 222 g/mol. The Balaban J connectivity index is 2.35. The Bertz CT molecular complexity index is 457. The van der Waals surface area contributed by atoms with Gasteiger partial charge >= 0.3 is 0 Å². The zero-order chi connectivity index (χ0) is 10.7. The third-order valence-corrected chi connectivity index (χ3v) is 2.82. The van der Waals surface area contributed by atoms with Crippen molar-refractivity contribution in [1.82, 2.24) is 15.2 Å². The van der Waals surface area contributed by atoms with Gasteiger partial charge < -0.3 is 10.1 Å². The van der Waals surface area contributed by atoms with E-state index in [0.29, 0.717) is 5.75 Å². The van der Waals surface area contributed by atoms with E-state index in [1.165, 1.54) is 11.3 Å². The number of nitrogens with one attached hydrogen (secondary N) is 1. The Morgan fingerprint density at radius 1 is 1.33 bits per heavy atom. The van der Waals surface area contributed by atoms with Crippen molar-refractivity contribution in [3.8, 4) is 16.3 Å². The number of pyridine rings is 1. The highest BCUT2D eigenvalue weighted by molar-refractivity contribution is 7.18. The van der Waals surface area contributed by atoms with E-state index in [1.54, 1.807) is 19.5 Å². The van der Waals surface area contributed by atoms with Gasteiger partial charge in [0, 0.05) is 18.8 Å². The van der Waals surface area contributed by atoms with Gasteiger partial charge in [-0.05, 0) is 6.07 Å². The van der Waals surface area contributed by atoms with Crippen LogP contribution < -0.4 is 10.1 Å². The number of aromatic nitrogens is 3. The number of hydrogen-bond donors (Lipinski definition) is 1. The summed E-state index contributed by atoms with van der Waals surface area (Å²) in [6.45, 7) is 0. The molecule has 0 spiro atoms. The summed E-state index contributed by atoms with van der Waals surface area (Å²) in [6, 6.07) is 1.88. The zero-order valence-corrected chi connectivity index (χ0v) is 9.21.